The Hall–Kier alpha value is -1.42. The van der Waals surface area contributed by atoms with Crippen molar-refractivity contribution >= 4 is 33.7 Å². The van der Waals surface area contributed by atoms with Crippen molar-refractivity contribution in [1.82, 2.24) is 5.32 Å². The number of halogens is 1. The predicted octanol–water partition coefficient (Wildman–Crippen LogP) is 2.73. The Morgan fingerprint density at radius 1 is 1.35 bits per heavy atom. The van der Waals surface area contributed by atoms with E-state index in [0.29, 0.717) is 11.6 Å². The standard InChI is InChI=1S/C13H11BrN2O/c14-10-4-2-1-3-9(10)7-11-13(17)16-12(15-11)8-5-6-8/h1-4,7-8H,5-6H2,(H,15,16,17)/b11-7-. The molecule has 1 aromatic carbocycles. The van der Waals surface area contributed by atoms with E-state index in [1.807, 2.05) is 30.3 Å². The Bertz CT molecular complexity index is 544. The molecule has 0 bridgehead atoms. The molecule has 3 nitrogen and oxygen atoms in total. The van der Waals surface area contributed by atoms with Crippen LogP contribution in [0.5, 0.6) is 0 Å². The minimum absolute atomic E-state index is 0.0948. The van der Waals surface area contributed by atoms with E-state index in [1.54, 1.807) is 0 Å². The number of nitrogens with zero attached hydrogens (tertiary/aromatic N) is 1. The van der Waals surface area contributed by atoms with E-state index >= 15 is 0 Å². The highest BCUT2D eigenvalue weighted by molar-refractivity contribution is 9.10. The van der Waals surface area contributed by atoms with E-state index in [2.05, 4.69) is 26.2 Å². The quantitative estimate of drug-likeness (QED) is 0.836. The zero-order valence-corrected chi connectivity index (χ0v) is 10.7. The van der Waals surface area contributed by atoms with Crippen LogP contribution >= 0.6 is 15.9 Å². The largest absolute Gasteiger partial charge is 0.308 e. The molecule has 17 heavy (non-hydrogen) atoms. The van der Waals surface area contributed by atoms with Crippen LogP contribution in [-0.4, -0.2) is 11.7 Å². The fourth-order valence-electron chi connectivity index (χ4n) is 1.78. The highest BCUT2D eigenvalue weighted by Gasteiger charge is 2.33. The summed E-state index contributed by atoms with van der Waals surface area (Å²) in [5, 5.41) is 2.83. The number of hydrogen-bond acceptors (Lipinski definition) is 2. The van der Waals surface area contributed by atoms with Crippen molar-refractivity contribution in [3.8, 4) is 0 Å². The molecule has 1 aromatic rings. The molecule has 0 aromatic heterocycles. The van der Waals surface area contributed by atoms with Gasteiger partial charge in [-0.1, -0.05) is 34.1 Å². The average molecular weight is 291 g/mol. The Morgan fingerprint density at radius 3 is 2.82 bits per heavy atom. The second-order valence-corrected chi connectivity index (χ2v) is 5.13. The van der Waals surface area contributed by atoms with Crippen LogP contribution < -0.4 is 5.32 Å². The number of rotatable bonds is 2. The monoisotopic (exact) mass is 290 g/mol. The first-order valence-electron chi connectivity index (χ1n) is 5.60. The highest BCUT2D eigenvalue weighted by atomic mass is 79.9. The molecule has 0 saturated heterocycles. The number of amides is 1. The first-order valence-corrected chi connectivity index (χ1v) is 6.39. The van der Waals surface area contributed by atoms with Gasteiger partial charge in [-0.3, -0.25) is 4.79 Å². The number of nitrogens with one attached hydrogen (secondary N) is 1. The SMILES string of the molecule is O=C1NC(C2CC2)=N/C1=C\c1ccccc1Br. The Balaban J connectivity index is 1.93. The lowest BCUT2D eigenvalue weighted by Gasteiger charge is -1.97. The normalized spacial score (nSPS) is 21.6. The summed E-state index contributed by atoms with van der Waals surface area (Å²) in [4.78, 5) is 16.1. The molecular weight excluding hydrogens is 280 g/mol. The lowest BCUT2D eigenvalue weighted by atomic mass is 10.2. The molecule has 1 amide bonds. The smallest absolute Gasteiger partial charge is 0.275 e. The maximum absolute atomic E-state index is 11.7. The molecule has 1 saturated carbocycles. The maximum Gasteiger partial charge on any atom is 0.275 e. The van der Waals surface area contributed by atoms with Gasteiger partial charge in [-0.2, -0.15) is 0 Å². The minimum atomic E-state index is -0.0948. The second-order valence-electron chi connectivity index (χ2n) is 4.28. The van der Waals surface area contributed by atoms with Gasteiger partial charge in [0, 0.05) is 10.4 Å². The van der Waals surface area contributed by atoms with Crippen molar-refractivity contribution in [2.45, 2.75) is 12.8 Å². The second kappa shape index (κ2) is 4.11. The molecule has 1 aliphatic carbocycles. The predicted molar refractivity (Wildman–Crippen MR) is 70.4 cm³/mol. The van der Waals surface area contributed by atoms with Crippen LogP contribution in [0.25, 0.3) is 6.08 Å². The number of benzene rings is 1. The topological polar surface area (TPSA) is 41.5 Å². The van der Waals surface area contributed by atoms with Crippen molar-refractivity contribution in [1.29, 1.82) is 0 Å². The lowest BCUT2D eigenvalue weighted by Crippen LogP contribution is -2.25. The Morgan fingerprint density at radius 2 is 2.12 bits per heavy atom. The first-order chi connectivity index (χ1) is 8.24. The summed E-state index contributed by atoms with van der Waals surface area (Å²) in [6.07, 6.45) is 4.09. The fraction of sp³-hybridized carbons (Fsp3) is 0.231. The third kappa shape index (κ3) is 2.17. The van der Waals surface area contributed by atoms with Gasteiger partial charge in [0.05, 0.1) is 0 Å². The van der Waals surface area contributed by atoms with Crippen molar-refractivity contribution in [2.24, 2.45) is 10.9 Å². The van der Waals surface area contributed by atoms with Crippen LogP contribution in [0.1, 0.15) is 18.4 Å². The molecule has 2 aliphatic rings. The zero-order valence-electron chi connectivity index (χ0n) is 9.11. The highest BCUT2D eigenvalue weighted by Crippen LogP contribution is 2.32. The lowest BCUT2D eigenvalue weighted by molar-refractivity contribution is -0.115. The third-order valence-corrected chi connectivity index (χ3v) is 3.60. The molecular formula is C13H11BrN2O. The van der Waals surface area contributed by atoms with Crippen LogP contribution in [-0.2, 0) is 4.79 Å². The molecule has 1 fully saturated rings. The molecule has 1 N–H and O–H groups in total. The summed E-state index contributed by atoms with van der Waals surface area (Å²) in [5.41, 5.74) is 1.47. The summed E-state index contributed by atoms with van der Waals surface area (Å²) < 4.78 is 0.968. The van der Waals surface area contributed by atoms with Gasteiger partial charge in [0.25, 0.3) is 5.91 Å². The fourth-order valence-corrected chi connectivity index (χ4v) is 2.18. The van der Waals surface area contributed by atoms with E-state index in [9.17, 15) is 4.79 Å². The van der Waals surface area contributed by atoms with E-state index in [-0.39, 0.29) is 5.91 Å². The molecule has 86 valence electrons. The Kier molecular flexibility index (Phi) is 2.59. The zero-order chi connectivity index (χ0) is 11.8. The summed E-state index contributed by atoms with van der Waals surface area (Å²) in [6, 6.07) is 7.79. The molecule has 1 heterocycles. The molecule has 0 atom stereocenters. The van der Waals surface area contributed by atoms with Crippen molar-refractivity contribution in [2.75, 3.05) is 0 Å². The molecule has 3 rings (SSSR count). The van der Waals surface area contributed by atoms with Crippen LogP contribution in [0.4, 0.5) is 0 Å². The van der Waals surface area contributed by atoms with Crippen LogP contribution in [0.2, 0.25) is 0 Å². The van der Waals surface area contributed by atoms with Gasteiger partial charge in [0.2, 0.25) is 0 Å². The first kappa shape index (κ1) is 10.7. The van der Waals surface area contributed by atoms with Gasteiger partial charge < -0.3 is 5.32 Å². The van der Waals surface area contributed by atoms with Gasteiger partial charge in [0.1, 0.15) is 11.5 Å². The summed E-state index contributed by atoms with van der Waals surface area (Å²) in [6.45, 7) is 0. The van der Waals surface area contributed by atoms with Gasteiger partial charge in [-0.25, -0.2) is 4.99 Å². The Labute approximate surface area is 108 Å². The number of amidine groups is 1. The van der Waals surface area contributed by atoms with Crippen LogP contribution in [0.3, 0.4) is 0 Å². The van der Waals surface area contributed by atoms with E-state index in [1.165, 1.54) is 0 Å². The number of aliphatic imine (C=N–C) groups is 1. The van der Waals surface area contributed by atoms with Crippen LogP contribution in [0.15, 0.2) is 39.4 Å². The molecule has 4 heteroatoms. The van der Waals surface area contributed by atoms with Gasteiger partial charge in [-0.15, -0.1) is 0 Å². The van der Waals surface area contributed by atoms with Crippen LogP contribution in [0, 0.1) is 5.92 Å². The number of hydrogen-bond donors (Lipinski definition) is 1. The van der Waals surface area contributed by atoms with Crippen molar-refractivity contribution < 1.29 is 4.79 Å². The number of carbonyl (C=O) groups is 1. The maximum atomic E-state index is 11.7. The van der Waals surface area contributed by atoms with Crippen molar-refractivity contribution in [3.63, 3.8) is 0 Å². The van der Waals surface area contributed by atoms with Gasteiger partial charge in [-0.05, 0) is 30.5 Å². The van der Waals surface area contributed by atoms with Gasteiger partial charge in [0.15, 0.2) is 0 Å². The van der Waals surface area contributed by atoms with E-state index in [4.69, 9.17) is 0 Å². The summed E-state index contributed by atoms with van der Waals surface area (Å²) >= 11 is 3.46. The third-order valence-electron chi connectivity index (χ3n) is 2.88. The minimum Gasteiger partial charge on any atom is -0.308 e. The molecule has 0 radical (unpaired) electrons. The summed E-state index contributed by atoms with van der Waals surface area (Å²) in [7, 11) is 0. The molecule has 0 spiro atoms. The molecule has 0 unspecified atom stereocenters. The van der Waals surface area contributed by atoms with Gasteiger partial charge >= 0.3 is 0 Å². The van der Waals surface area contributed by atoms with Crippen molar-refractivity contribution in [3.05, 3.63) is 40.0 Å². The number of carbonyl (C=O) groups excluding carboxylic acids is 1. The summed E-state index contributed by atoms with van der Waals surface area (Å²) in [5.74, 6) is 1.22. The molecule has 1 aliphatic heterocycles. The van der Waals surface area contributed by atoms with E-state index < -0.39 is 0 Å². The average Bonchev–Trinajstić information content (AvgIpc) is 3.09. The van der Waals surface area contributed by atoms with E-state index in [0.717, 1.165) is 28.7 Å².